The molecule has 0 unspecified atom stereocenters. The molecule has 0 saturated carbocycles. The smallest absolute Gasteiger partial charge is 0.239 e. The Hall–Kier alpha value is -1.75. The van der Waals surface area contributed by atoms with Crippen molar-refractivity contribution in [2.45, 2.75) is 6.61 Å². The zero-order valence-electron chi connectivity index (χ0n) is 13.5. The number of nitrogens with zero attached hydrogens (tertiary/aromatic N) is 3. The van der Waals surface area contributed by atoms with Crippen LogP contribution < -0.4 is 16.2 Å². The number of ether oxygens (including phenoxy) is 1. The molecule has 26 heavy (non-hydrogen) atoms. The molecule has 1 aliphatic rings. The van der Waals surface area contributed by atoms with Crippen LogP contribution in [0.4, 0.5) is 21.8 Å². The van der Waals surface area contributed by atoms with Crippen molar-refractivity contribution in [1.82, 2.24) is 9.97 Å². The van der Waals surface area contributed by atoms with E-state index < -0.39 is 5.82 Å². The lowest BCUT2D eigenvalue weighted by atomic mass is 10.1. The molecule has 0 saturated heterocycles. The van der Waals surface area contributed by atoms with Crippen LogP contribution in [0.5, 0.6) is 0 Å². The van der Waals surface area contributed by atoms with E-state index in [1.165, 1.54) is 12.1 Å². The Balaban J connectivity index is 2.03. The van der Waals surface area contributed by atoms with Gasteiger partial charge in [-0.2, -0.15) is 4.98 Å². The van der Waals surface area contributed by atoms with Crippen LogP contribution in [0.2, 0.25) is 5.02 Å². The monoisotopic (exact) mass is 485 g/mol. The first kappa shape index (κ1) is 17.7. The molecule has 9 heteroatoms. The van der Waals surface area contributed by atoms with Gasteiger partial charge >= 0.3 is 0 Å². The number of anilines is 3. The minimum absolute atomic E-state index is 0.164. The summed E-state index contributed by atoms with van der Waals surface area (Å²) in [5.74, 6) is 5.64. The summed E-state index contributed by atoms with van der Waals surface area (Å²) in [5, 5.41) is 0.582. The highest BCUT2D eigenvalue weighted by atomic mass is 127. The molecular formula is C17H14ClFIN5O. The van der Waals surface area contributed by atoms with Gasteiger partial charge in [-0.15, -0.1) is 0 Å². The molecule has 0 atom stereocenters. The Kier molecular flexibility index (Phi) is 4.82. The summed E-state index contributed by atoms with van der Waals surface area (Å²) in [6.07, 6.45) is 0. The second-order valence-electron chi connectivity index (χ2n) is 5.71. The number of benzene rings is 2. The third kappa shape index (κ3) is 2.96. The maximum absolute atomic E-state index is 14.7. The van der Waals surface area contributed by atoms with Crippen molar-refractivity contribution in [1.29, 1.82) is 0 Å². The molecule has 4 rings (SSSR count). The molecule has 1 aliphatic heterocycles. The summed E-state index contributed by atoms with van der Waals surface area (Å²) < 4.78 is 21.5. The molecule has 0 amide bonds. The number of nitrogens with one attached hydrogen (secondary N) is 1. The highest BCUT2D eigenvalue weighted by Gasteiger charge is 2.24. The van der Waals surface area contributed by atoms with E-state index in [9.17, 15) is 4.39 Å². The number of halogens is 3. The van der Waals surface area contributed by atoms with Crippen LogP contribution in [0, 0.1) is 9.39 Å². The largest absolute Gasteiger partial charge is 0.375 e. The Morgan fingerprint density at radius 1 is 1.27 bits per heavy atom. The van der Waals surface area contributed by atoms with Crippen molar-refractivity contribution in [3.63, 3.8) is 0 Å². The lowest BCUT2D eigenvalue weighted by Crippen LogP contribution is -2.23. The summed E-state index contributed by atoms with van der Waals surface area (Å²) in [5.41, 5.74) is 4.68. The van der Waals surface area contributed by atoms with Gasteiger partial charge in [-0.3, -0.25) is 5.43 Å². The third-order valence-corrected chi connectivity index (χ3v) is 5.52. The Labute approximate surface area is 167 Å². The zero-order chi connectivity index (χ0) is 18.3. The molecule has 0 fully saturated rings. The maximum Gasteiger partial charge on any atom is 0.239 e. The lowest BCUT2D eigenvalue weighted by molar-refractivity contribution is 0.132. The summed E-state index contributed by atoms with van der Waals surface area (Å²) in [4.78, 5) is 10.6. The predicted octanol–water partition coefficient (Wildman–Crippen LogP) is 3.98. The van der Waals surface area contributed by atoms with Gasteiger partial charge in [0.25, 0.3) is 0 Å². The van der Waals surface area contributed by atoms with Gasteiger partial charge in [-0.1, -0.05) is 17.7 Å². The normalized spacial score (nSPS) is 14.2. The molecule has 2 aromatic carbocycles. The first-order chi connectivity index (χ1) is 12.6. The van der Waals surface area contributed by atoms with E-state index in [2.05, 4.69) is 38.0 Å². The van der Waals surface area contributed by atoms with Gasteiger partial charge in [0.05, 0.1) is 29.1 Å². The molecule has 0 radical (unpaired) electrons. The standard InChI is InChI=1S/C17H14ClFIN5O/c18-10-4-5-11(19)14-15(10)22-17(24-21)23-16(14)25-6-7-26-8-9-12(20)2-1-3-13(9)25/h1-5H,6-8,21H2,(H,22,23,24). The summed E-state index contributed by atoms with van der Waals surface area (Å²) >= 11 is 8.52. The number of aromatic nitrogens is 2. The molecule has 134 valence electrons. The summed E-state index contributed by atoms with van der Waals surface area (Å²) in [6, 6.07) is 8.72. The van der Waals surface area contributed by atoms with Crippen molar-refractivity contribution < 1.29 is 9.13 Å². The molecule has 3 aromatic rings. The molecule has 1 aromatic heterocycles. The second-order valence-corrected chi connectivity index (χ2v) is 7.28. The van der Waals surface area contributed by atoms with E-state index in [1.54, 1.807) is 0 Å². The lowest BCUT2D eigenvalue weighted by Gasteiger charge is -2.25. The fraction of sp³-hybridized carbons (Fsp3) is 0.176. The molecule has 3 N–H and O–H groups in total. The van der Waals surface area contributed by atoms with Crippen molar-refractivity contribution in [2.75, 3.05) is 23.5 Å². The van der Waals surface area contributed by atoms with Crippen molar-refractivity contribution >= 4 is 62.5 Å². The third-order valence-electron chi connectivity index (χ3n) is 4.21. The van der Waals surface area contributed by atoms with Gasteiger partial charge < -0.3 is 9.64 Å². The first-order valence-corrected chi connectivity index (χ1v) is 9.31. The van der Waals surface area contributed by atoms with Crippen LogP contribution in [0.25, 0.3) is 10.9 Å². The zero-order valence-corrected chi connectivity index (χ0v) is 16.4. The summed E-state index contributed by atoms with van der Waals surface area (Å²) in [7, 11) is 0. The fourth-order valence-electron chi connectivity index (χ4n) is 3.02. The van der Waals surface area contributed by atoms with Gasteiger partial charge in [0.2, 0.25) is 5.95 Å². The number of fused-ring (bicyclic) bond motifs is 2. The van der Waals surface area contributed by atoms with Crippen LogP contribution in [0.1, 0.15) is 5.56 Å². The van der Waals surface area contributed by atoms with Crippen LogP contribution >= 0.6 is 34.2 Å². The summed E-state index contributed by atoms with van der Waals surface area (Å²) in [6.45, 7) is 1.47. The number of nitrogen functional groups attached to an aromatic ring is 1. The van der Waals surface area contributed by atoms with Gasteiger partial charge in [-0.25, -0.2) is 15.2 Å². The van der Waals surface area contributed by atoms with E-state index in [0.29, 0.717) is 36.1 Å². The van der Waals surface area contributed by atoms with E-state index in [-0.39, 0.29) is 11.3 Å². The Bertz CT molecular complexity index is 1000. The number of hydrogen-bond donors (Lipinski definition) is 2. The minimum Gasteiger partial charge on any atom is -0.375 e. The van der Waals surface area contributed by atoms with Crippen LogP contribution in [0.15, 0.2) is 30.3 Å². The SMILES string of the molecule is NNc1nc(N2CCOCc3c(I)cccc32)c2c(F)ccc(Cl)c2n1. The van der Waals surface area contributed by atoms with E-state index in [0.717, 1.165) is 14.8 Å². The van der Waals surface area contributed by atoms with Crippen molar-refractivity contribution in [3.05, 3.63) is 50.3 Å². The molecule has 6 nitrogen and oxygen atoms in total. The number of hydrogen-bond acceptors (Lipinski definition) is 6. The van der Waals surface area contributed by atoms with Crippen molar-refractivity contribution in [3.8, 4) is 0 Å². The molecular weight excluding hydrogens is 472 g/mol. The number of hydrazine groups is 1. The van der Waals surface area contributed by atoms with Gasteiger partial charge in [0.15, 0.2) is 0 Å². The van der Waals surface area contributed by atoms with Gasteiger partial charge in [0, 0.05) is 21.4 Å². The molecule has 0 aliphatic carbocycles. The highest BCUT2D eigenvalue weighted by molar-refractivity contribution is 14.1. The van der Waals surface area contributed by atoms with E-state index in [1.807, 2.05) is 23.1 Å². The number of nitrogens with two attached hydrogens (primary N) is 1. The quantitative estimate of drug-likeness (QED) is 0.325. The maximum atomic E-state index is 14.7. The molecule has 2 heterocycles. The molecule has 0 bridgehead atoms. The Morgan fingerprint density at radius 3 is 2.92 bits per heavy atom. The average Bonchev–Trinajstić information content (AvgIpc) is 2.87. The van der Waals surface area contributed by atoms with Crippen LogP contribution in [-0.4, -0.2) is 23.1 Å². The second kappa shape index (κ2) is 7.10. The van der Waals surface area contributed by atoms with Crippen LogP contribution in [-0.2, 0) is 11.3 Å². The topological polar surface area (TPSA) is 76.3 Å². The highest BCUT2D eigenvalue weighted by Crippen LogP contribution is 2.38. The van der Waals surface area contributed by atoms with Gasteiger partial charge in [0.1, 0.15) is 11.6 Å². The van der Waals surface area contributed by atoms with Crippen LogP contribution in [0.3, 0.4) is 0 Å². The van der Waals surface area contributed by atoms with Crippen molar-refractivity contribution in [2.24, 2.45) is 5.84 Å². The fourth-order valence-corrected chi connectivity index (χ4v) is 3.86. The number of rotatable bonds is 2. The first-order valence-electron chi connectivity index (χ1n) is 7.85. The van der Waals surface area contributed by atoms with E-state index in [4.69, 9.17) is 22.2 Å². The Morgan fingerprint density at radius 2 is 2.12 bits per heavy atom. The van der Waals surface area contributed by atoms with Gasteiger partial charge in [-0.05, 0) is 46.9 Å². The molecule has 0 spiro atoms. The minimum atomic E-state index is -0.444. The predicted molar refractivity (Wildman–Crippen MR) is 108 cm³/mol. The van der Waals surface area contributed by atoms with E-state index >= 15 is 0 Å². The average molecular weight is 486 g/mol.